The van der Waals surface area contributed by atoms with Gasteiger partial charge in [0.15, 0.2) is 0 Å². The molecule has 1 heterocycles. The lowest BCUT2D eigenvalue weighted by Crippen LogP contribution is -2.41. The van der Waals surface area contributed by atoms with Crippen LogP contribution in [0.5, 0.6) is 11.5 Å². The summed E-state index contributed by atoms with van der Waals surface area (Å²) >= 11 is 0. The number of piperidine rings is 1. The smallest absolute Gasteiger partial charge is 0.335 e. The Balaban J connectivity index is 0.000000257. The number of methoxy groups -OCH3 is 1. The maximum Gasteiger partial charge on any atom is 0.335 e. The van der Waals surface area contributed by atoms with Crippen molar-refractivity contribution in [1.29, 1.82) is 0 Å². The van der Waals surface area contributed by atoms with E-state index >= 15 is 0 Å². The summed E-state index contributed by atoms with van der Waals surface area (Å²) in [6.07, 6.45) is 2.36. The van der Waals surface area contributed by atoms with Crippen LogP contribution >= 0.6 is 0 Å². The molecule has 0 aliphatic carbocycles. The number of hydrogen-bond acceptors (Lipinski definition) is 5. The van der Waals surface area contributed by atoms with Crippen molar-refractivity contribution < 1.29 is 19.4 Å². The number of likely N-dealkylation sites (tertiary alicyclic amines) is 1. The molecule has 0 radical (unpaired) electrons. The highest BCUT2D eigenvalue weighted by molar-refractivity contribution is 5.94. The number of benzene rings is 3. The second-order valence-corrected chi connectivity index (χ2v) is 8.53. The van der Waals surface area contributed by atoms with Crippen LogP contribution in [0.2, 0.25) is 0 Å². The van der Waals surface area contributed by atoms with Gasteiger partial charge in [0.05, 0.1) is 12.7 Å². The fourth-order valence-corrected chi connectivity index (χ4v) is 3.93. The predicted octanol–water partition coefficient (Wildman–Crippen LogP) is 4.94. The molecule has 0 saturated carbocycles. The van der Waals surface area contributed by atoms with Crippen LogP contribution in [0.25, 0.3) is 10.8 Å². The number of carboxylic acid groups (broad SMARTS) is 1. The first-order chi connectivity index (χ1) is 15.9. The lowest BCUT2D eigenvalue weighted by molar-refractivity contribution is 0.0697. The molecule has 1 aliphatic rings. The molecule has 0 atom stereocenters. The minimum atomic E-state index is -0.899. The summed E-state index contributed by atoms with van der Waals surface area (Å²) in [5.41, 5.74) is 6.83. The van der Waals surface area contributed by atoms with E-state index in [0.717, 1.165) is 53.8 Å². The molecule has 4 rings (SSSR count). The normalized spacial score (nSPS) is 14.6. The Hall–Kier alpha value is -3.09. The third-order valence-electron chi connectivity index (χ3n) is 5.94. The van der Waals surface area contributed by atoms with Crippen molar-refractivity contribution in [3.05, 3.63) is 71.8 Å². The molecular weight excluding hydrogens is 416 g/mol. The monoisotopic (exact) mass is 450 g/mol. The van der Waals surface area contributed by atoms with Crippen LogP contribution < -0.4 is 15.2 Å². The van der Waals surface area contributed by atoms with Crippen molar-refractivity contribution in [3.8, 4) is 11.5 Å². The van der Waals surface area contributed by atoms with Crippen LogP contribution in [-0.4, -0.2) is 48.3 Å². The molecule has 6 heteroatoms. The summed E-state index contributed by atoms with van der Waals surface area (Å²) in [6.45, 7) is 7.19. The summed E-state index contributed by atoms with van der Waals surface area (Å²) < 4.78 is 11.1. The summed E-state index contributed by atoms with van der Waals surface area (Å²) in [7, 11) is 1.65. The lowest BCUT2D eigenvalue weighted by Gasteiger charge is -2.34. The van der Waals surface area contributed by atoms with E-state index in [9.17, 15) is 4.79 Å². The fraction of sp³-hybridized carbons (Fsp3) is 0.370. The van der Waals surface area contributed by atoms with Gasteiger partial charge in [-0.3, -0.25) is 0 Å². The van der Waals surface area contributed by atoms with E-state index in [2.05, 4.69) is 18.7 Å². The topological polar surface area (TPSA) is 85.0 Å². The van der Waals surface area contributed by atoms with E-state index < -0.39 is 5.97 Å². The van der Waals surface area contributed by atoms with E-state index in [1.54, 1.807) is 19.2 Å². The van der Waals surface area contributed by atoms with E-state index in [1.807, 2.05) is 48.5 Å². The number of carbonyl (C=O) groups is 1. The van der Waals surface area contributed by atoms with Gasteiger partial charge in [-0.15, -0.1) is 0 Å². The Morgan fingerprint density at radius 1 is 1.03 bits per heavy atom. The molecule has 0 bridgehead atoms. The molecule has 6 nitrogen and oxygen atoms in total. The number of aromatic carboxylic acids is 1. The average molecular weight is 451 g/mol. The zero-order chi connectivity index (χ0) is 23.8. The molecule has 176 valence electrons. The molecule has 1 saturated heterocycles. The number of carboxylic acids is 1. The Labute approximate surface area is 195 Å². The van der Waals surface area contributed by atoms with Crippen molar-refractivity contribution in [2.24, 2.45) is 5.73 Å². The third-order valence-corrected chi connectivity index (χ3v) is 5.94. The minimum Gasteiger partial charge on any atom is -0.497 e. The maximum atomic E-state index is 11.0. The molecule has 0 aromatic heterocycles. The van der Waals surface area contributed by atoms with Gasteiger partial charge in [-0.25, -0.2) is 4.79 Å². The number of hydrogen-bond donors (Lipinski definition) is 2. The standard InChI is InChI=1S/C19H23NO3.C8H11NO/c1-13(2)20-9-7-17(8-10-20)23-18-6-5-14-11-16(19(21)22)4-3-15(14)12-18;1-10-8-4-2-3-7(5-8)6-9/h3-6,11-13,17H,7-10H2,1-2H3,(H,21,22);2-5H,6,9H2,1H3. The van der Waals surface area contributed by atoms with Crippen LogP contribution in [0.15, 0.2) is 60.7 Å². The van der Waals surface area contributed by atoms with Crippen molar-refractivity contribution in [1.82, 2.24) is 4.90 Å². The first-order valence-corrected chi connectivity index (χ1v) is 11.4. The molecule has 3 aromatic rings. The van der Waals surface area contributed by atoms with Crippen LogP contribution in [0.1, 0.15) is 42.6 Å². The summed E-state index contributed by atoms with van der Waals surface area (Å²) in [6, 6.07) is 19.4. The van der Waals surface area contributed by atoms with Crippen molar-refractivity contribution in [3.63, 3.8) is 0 Å². The predicted molar refractivity (Wildman–Crippen MR) is 132 cm³/mol. The van der Waals surface area contributed by atoms with Gasteiger partial charge in [0.25, 0.3) is 0 Å². The van der Waals surface area contributed by atoms with Gasteiger partial charge in [-0.05, 0) is 79.4 Å². The van der Waals surface area contributed by atoms with Crippen molar-refractivity contribution in [2.75, 3.05) is 20.2 Å². The van der Waals surface area contributed by atoms with Gasteiger partial charge >= 0.3 is 5.97 Å². The summed E-state index contributed by atoms with van der Waals surface area (Å²) in [5.74, 6) is 0.829. The maximum absolute atomic E-state index is 11.0. The zero-order valence-electron chi connectivity index (χ0n) is 19.7. The number of nitrogens with two attached hydrogens (primary N) is 1. The van der Waals surface area contributed by atoms with Crippen molar-refractivity contribution in [2.45, 2.75) is 45.4 Å². The molecule has 1 fully saturated rings. The highest BCUT2D eigenvalue weighted by Crippen LogP contribution is 2.25. The summed E-state index contributed by atoms with van der Waals surface area (Å²) in [5, 5.41) is 11.0. The van der Waals surface area contributed by atoms with Crippen molar-refractivity contribution >= 4 is 16.7 Å². The quantitative estimate of drug-likeness (QED) is 0.553. The Bertz CT molecular complexity index is 1040. The molecule has 1 aliphatic heterocycles. The van der Waals surface area contributed by atoms with Gasteiger partial charge in [0, 0.05) is 25.7 Å². The second-order valence-electron chi connectivity index (χ2n) is 8.53. The van der Waals surface area contributed by atoms with E-state index in [0.29, 0.717) is 18.2 Å². The van der Waals surface area contributed by atoms with Gasteiger partial charge in [-0.2, -0.15) is 0 Å². The Morgan fingerprint density at radius 3 is 2.36 bits per heavy atom. The SMILES string of the molecule is CC(C)N1CCC(Oc2ccc3cc(C(=O)O)ccc3c2)CC1.COc1cccc(CN)c1. The van der Waals surface area contributed by atoms with Gasteiger partial charge < -0.3 is 25.2 Å². The minimum absolute atomic E-state index is 0.265. The zero-order valence-corrected chi connectivity index (χ0v) is 19.7. The highest BCUT2D eigenvalue weighted by atomic mass is 16.5. The van der Waals surface area contributed by atoms with Crippen LogP contribution in [0, 0.1) is 0 Å². The van der Waals surface area contributed by atoms with Crippen LogP contribution in [-0.2, 0) is 6.54 Å². The molecule has 0 spiro atoms. The van der Waals surface area contributed by atoms with Crippen LogP contribution in [0.4, 0.5) is 0 Å². The summed E-state index contributed by atoms with van der Waals surface area (Å²) in [4.78, 5) is 13.5. The lowest BCUT2D eigenvalue weighted by atomic mass is 10.1. The molecule has 33 heavy (non-hydrogen) atoms. The van der Waals surface area contributed by atoms with Crippen LogP contribution in [0.3, 0.4) is 0 Å². The second kappa shape index (κ2) is 11.7. The average Bonchev–Trinajstić information content (AvgIpc) is 2.84. The molecule has 0 amide bonds. The van der Waals surface area contributed by atoms with E-state index in [4.69, 9.17) is 20.3 Å². The Kier molecular flexibility index (Phi) is 8.69. The number of nitrogens with zero attached hydrogens (tertiary/aromatic N) is 1. The third kappa shape index (κ3) is 6.94. The van der Waals surface area contributed by atoms with Gasteiger partial charge in [0.2, 0.25) is 0 Å². The molecule has 3 aromatic carbocycles. The number of ether oxygens (including phenoxy) is 2. The molecule has 0 unspecified atom stereocenters. The first kappa shape index (κ1) is 24.6. The first-order valence-electron chi connectivity index (χ1n) is 11.4. The van der Waals surface area contributed by atoms with E-state index in [-0.39, 0.29) is 6.10 Å². The Morgan fingerprint density at radius 2 is 1.73 bits per heavy atom. The van der Waals surface area contributed by atoms with E-state index in [1.165, 1.54) is 0 Å². The van der Waals surface area contributed by atoms with Gasteiger partial charge in [-0.1, -0.05) is 24.3 Å². The largest absolute Gasteiger partial charge is 0.497 e. The molecule has 3 N–H and O–H groups in total. The highest BCUT2D eigenvalue weighted by Gasteiger charge is 2.22. The number of fused-ring (bicyclic) bond motifs is 1. The number of rotatable bonds is 6. The fourth-order valence-electron chi connectivity index (χ4n) is 3.93. The van der Waals surface area contributed by atoms with Gasteiger partial charge in [0.1, 0.15) is 17.6 Å². The molecular formula is C27H34N2O4.